The van der Waals surface area contributed by atoms with Crippen LogP contribution in [0.25, 0.3) is 0 Å². The largest absolute Gasteiger partial charge is 0.381 e. The van der Waals surface area contributed by atoms with Crippen LogP contribution in [0.4, 0.5) is 0 Å². The number of hydrazone groups is 1. The van der Waals surface area contributed by atoms with Crippen LogP contribution in [0.1, 0.15) is 49.3 Å². The summed E-state index contributed by atoms with van der Waals surface area (Å²) in [6.45, 7) is 4.33. The summed E-state index contributed by atoms with van der Waals surface area (Å²) in [6, 6.07) is 21.5. The van der Waals surface area contributed by atoms with E-state index in [1.54, 1.807) is 0 Å². The Balaban J connectivity index is 1.12. The third-order valence-corrected chi connectivity index (χ3v) is 7.60. The van der Waals surface area contributed by atoms with E-state index in [4.69, 9.17) is 9.84 Å². The first-order valence-corrected chi connectivity index (χ1v) is 13.5. The van der Waals surface area contributed by atoms with Crippen LogP contribution in [0.5, 0.6) is 0 Å². The van der Waals surface area contributed by atoms with E-state index < -0.39 is 0 Å². The summed E-state index contributed by atoms with van der Waals surface area (Å²) in [4.78, 5) is 15.4. The van der Waals surface area contributed by atoms with Crippen molar-refractivity contribution in [2.45, 2.75) is 50.6 Å². The molecule has 1 unspecified atom stereocenters. The first-order valence-electron chi connectivity index (χ1n) is 13.5. The van der Waals surface area contributed by atoms with Gasteiger partial charge in [0.2, 0.25) is 5.91 Å². The first-order chi connectivity index (χ1) is 17.7. The van der Waals surface area contributed by atoms with Gasteiger partial charge in [-0.25, -0.2) is 0 Å². The van der Waals surface area contributed by atoms with Crippen molar-refractivity contribution in [3.63, 3.8) is 0 Å². The molecule has 190 valence electrons. The van der Waals surface area contributed by atoms with Crippen LogP contribution in [-0.4, -0.2) is 60.4 Å². The monoisotopic (exact) mass is 486 g/mol. The molecule has 36 heavy (non-hydrogen) atoms. The standard InChI is InChI=1S/C30H38N4O2/c35-30(26-16-21-36-23-26)31-29(25-10-5-2-6-11-25)15-20-33-18-13-28(14-19-33)34-17-7-12-27(32-34)22-24-8-3-1-4-9-24/h1-11,17,26,28-29H,12-16,18-23H2,(H,31,35)/t26?,29-/m0/s1. The predicted octanol–water partition coefficient (Wildman–Crippen LogP) is 4.55. The normalized spacial score (nSPS) is 21.8. The molecule has 2 aromatic rings. The lowest BCUT2D eigenvalue weighted by Crippen LogP contribution is -2.43. The Bertz CT molecular complexity index is 1030. The average molecular weight is 487 g/mol. The van der Waals surface area contributed by atoms with Crippen LogP contribution in [0, 0.1) is 5.92 Å². The molecule has 6 nitrogen and oxygen atoms in total. The van der Waals surface area contributed by atoms with Gasteiger partial charge in [0.15, 0.2) is 0 Å². The number of allylic oxidation sites excluding steroid dienone is 1. The number of likely N-dealkylation sites (tertiary alicyclic amines) is 1. The molecule has 2 fully saturated rings. The minimum absolute atomic E-state index is 0.0168. The summed E-state index contributed by atoms with van der Waals surface area (Å²) in [5.41, 5.74) is 3.74. The molecule has 0 bridgehead atoms. The van der Waals surface area contributed by atoms with Crippen molar-refractivity contribution in [1.82, 2.24) is 15.2 Å². The second kappa shape index (κ2) is 12.3. The number of piperidine rings is 1. The second-order valence-electron chi connectivity index (χ2n) is 10.2. The lowest BCUT2D eigenvalue weighted by molar-refractivity contribution is -0.125. The van der Waals surface area contributed by atoms with Crippen molar-refractivity contribution in [3.8, 4) is 0 Å². The van der Waals surface area contributed by atoms with Gasteiger partial charge in [0.25, 0.3) is 0 Å². The first kappa shape index (κ1) is 24.7. The van der Waals surface area contributed by atoms with E-state index in [-0.39, 0.29) is 17.9 Å². The summed E-state index contributed by atoms with van der Waals surface area (Å²) < 4.78 is 5.43. The van der Waals surface area contributed by atoms with Crippen LogP contribution in [0.3, 0.4) is 0 Å². The Morgan fingerprint density at radius 3 is 2.50 bits per heavy atom. The van der Waals surface area contributed by atoms with Crippen LogP contribution in [0.15, 0.2) is 78.0 Å². The molecule has 0 saturated carbocycles. The van der Waals surface area contributed by atoms with Gasteiger partial charge in [-0.15, -0.1) is 0 Å². The Hall–Kier alpha value is -2.96. The average Bonchev–Trinajstić information content (AvgIpc) is 3.48. The summed E-state index contributed by atoms with van der Waals surface area (Å²) in [7, 11) is 0. The van der Waals surface area contributed by atoms with E-state index in [0.717, 1.165) is 58.2 Å². The van der Waals surface area contributed by atoms with Crippen molar-refractivity contribution >= 4 is 11.6 Å². The quantitative estimate of drug-likeness (QED) is 0.565. The van der Waals surface area contributed by atoms with Crippen molar-refractivity contribution in [2.75, 3.05) is 32.8 Å². The van der Waals surface area contributed by atoms with Gasteiger partial charge < -0.3 is 15.0 Å². The SMILES string of the molecule is O=C(N[C@@H](CCN1CCC(N2C=CCC(Cc3ccccc3)=N2)CC1)c1ccccc1)C1CCOC1. The highest BCUT2D eigenvalue weighted by Crippen LogP contribution is 2.24. The Kier molecular flexibility index (Phi) is 8.47. The van der Waals surface area contributed by atoms with E-state index >= 15 is 0 Å². The molecule has 3 heterocycles. The van der Waals surface area contributed by atoms with Gasteiger partial charge in [-0.1, -0.05) is 66.7 Å². The van der Waals surface area contributed by atoms with Crippen LogP contribution in [0.2, 0.25) is 0 Å². The highest BCUT2D eigenvalue weighted by Gasteiger charge is 2.28. The maximum Gasteiger partial charge on any atom is 0.226 e. The molecule has 2 aromatic carbocycles. The number of nitrogens with zero attached hydrogens (tertiary/aromatic N) is 3. The molecule has 2 saturated heterocycles. The molecule has 1 amide bonds. The van der Waals surface area contributed by atoms with Crippen molar-refractivity contribution in [1.29, 1.82) is 0 Å². The molecule has 0 aromatic heterocycles. The van der Waals surface area contributed by atoms with Crippen LogP contribution >= 0.6 is 0 Å². The molecule has 0 radical (unpaired) electrons. The van der Waals surface area contributed by atoms with Crippen LogP contribution < -0.4 is 5.32 Å². The number of carbonyl (C=O) groups is 1. The van der Waals surface area contributed by atoms with E-state index in [9.17, 15) is 4.79 Å². The number of ether oxygens (including phenoxy) is 1. The van der Waals surface area contributed by atoms with Gasteiger partial charge in [-0.3, -0.25) is 9.80 Å². The van der Waals surface area contributed by atoms with E-state index in [0.29, 0.717) is 19.3 Å². The number of carbonyl (C=O) groups excluding carboxylic acids is 1. The number of benzene rings is 2. The molecule has 0 spiro atoms. The molecular weight excluding hydrogens is 448 g/mol. The predicted molar refractivity (Wildman–Crippen MR) is 144 cm³/mol. The number of rotatable bonds is 9. The van der Waals surface area contributed by atoms with Gasteiger partial charge in [0, 0.05) is 51.0 Å². The Morgan fingerprint density at radius 2 is 1.78 bits per heavy atom. The second-order valence-corrected chi connectivity index (χ2v) is 10.2. The fourth-order valence-corrected chi connectivity index (χ4v) is 5.43. The fourth-order valence-electron chi connectivity index (χ4n) is 5.43. The highest BCUT2D eigenvalue weighted by molar-refractivity contribution is 5.88. The lowest BCUT2D eigenvalue weighted by atomic mass is 9.99. The summed E-state index contributed by atoms with van der Waals surface area (Å²) in [5.74, 6) is 0.109. The molecule has 5 rings (SSSR count). The zero-order valence-electron chi connectivity index (χ0n) is 21.1. The van der Waals surface area contributed by atoms with Gasteiger partial charge >= 0.3 is 0 Å². The van der Waals surface area contributed by atoms with E-state index in [1.165, 1.54) is 16.8 Å². The third kappa shape index (κ3) is 6.62. The Labute approximate surface area is 215 Å². The topological polar surface area (TPSA) is 57.2 Å². The molecule has 3 aliphatic rings. The number of hydrogen-bond donors (Lipinski definition) is 1. The van der Waals surface area contributed by atoms with Gasteiger partial charge in [0.05, 0.1) is 24.6 Å². The van der Waals surface area contributed by atoms with Crippen LogP contribution in [-0.2, 0) is 16.0 Å². The molecule has 2 atom stereocenters. The highest BCUT2D eigenvalue weighted by atomic mass is 16.5. The minimum atomic E-state index is -0.0168. The smallest absolute Gasteiger partial charge is 0.226 e. The molecule has 6 heteroatoms. The van der Waals surface area contributed by atoms with Gasteiger partial charge in [-0.2, -0.15) is 5.10 Å². The fraction of sp³-hybridized carbons (Fsp3) is 0.467. The molecule has 3 aliphatic heterocycles. The Morgan fingerprint density at radius 1 is 1.03 bits per heavy atom. The van der Waals surface area contributed by atoms with Crippen molar-refractivity contribution < 1.29 is 9.53 Å². The maximum atomic E-state index is 12.8. The third-order valence-electron chi connectivity index (χ3n) is 7.60. The van der Waals surface area contributed by atoms with E-state index in [2.05, 4.69) is 82.1 Å². The molecule has 1 N–H and O–H groups in total. The zero-order chi connectivity index (χ0) is 24.6. The van der Waals surface area contributed by atoms with Crippen molar-refractivity contribution in [3.05, 3.63) is 84.1 Å². The lowest BCUT2D eigenvalue weighted by Gasteiger charge is -2.37. The molecular formula is C30H38N4O2. The number of amides is 1. The number of nitrogens with one attached hydrogen (secondary N) is 1. The number of hydrogen-bond acceptors (Lipinski definition) is 5. The van der Waals surface area contributed by atoms with Crippen molar-refractivity contribution in [2.24, 2.45) is 11.0 Å². The van der Waals surface area contributed by atoms with E-state index in [1.807, 2.05) is 6.07 Å². The summed E-state index contributed by atoms with van der Waals surface area (Å²) in [6.07, 6.45) is 10.2. The summed E-state index contributed by atoms with van der Waals surface area (Å²) >= 11 is 0. The molecule has 0 aliphatic carbocycles. The summed E-state index contributed by atoms with van der Waals surface area (Å²) in [5, 5.41) is 10.5. The maximum absolute atomic E-state index is 12.8. The zero-order valence-corrected chi connectivity index (χ0v) is 21.1. The van der Waals surface area contributed by atoms with Gasteiger partial charge in [0.1, 0.15) is 0 Å². The minimum Gasteiger partial charge on any atom is -0.381 e. The van der Waals surface area contributed by atoms with Gasteiger partial charge in [-0.05, 0) is 36.8 Å².